The van der Waals surface area contributed by atoms with Gasteiger partial charge in [0.25, 0.3) is 0 Å². The van der Waals surface area contributed by atoms with Crippen LogP contribution in [0, 0.1) is 5.92 Å². The summed E-state index contributed by atoms with van der Waals surface area (Å²) in [6.45, 7) is 2.79. The van der Waals surface area contributed by atoms with Crippen molar-refractivity contribution in [1.29, 1.82) is 0 Å². The molecule has 1 aliphatic heterocycles. The maximum Gasteiger partial charge on any atom is 0.150 e. The average Bonchev–Trinajstić information content (AvgIpc) is 3.07. The van der Waals surface area contributed by atoms with Crippen LogP contribution >= 0.6 is 0 Å². The number of hydrogen-bond acceptors (Lipinski definition) is 5. The van der Waals surface area contributed by atoms with Crippen LogP contribution in [0.25, 0.3) is 16.7 Å². The molecule has 1 aliphatic rings. The van der Waals surface area contributed by atoms with Crippen molar-refractivity contribution in [2.45, 2.75) is 12.8 Å². The molecule has 0 amide bonds. The fraction of sp³-hybridized carbons (Fsp3) is 0.353. The number of aromatic nitrogens is 4. The molecule has 6 heteroatoms. The van der Waals surface area contributed by atoms with Crippen molar-refractivity contribution in [2.24, 2.45) is 11.7 Å². The first-order valence-corrected chi connectivity index (χ1v) is 8.04. The molecule has 4 heterocycles. The summed E-state index contributed by atoms with van der Waals surface area (Å²) in [6.07, 6.45) is 9.56. The number of nitrogens with two attached hydrogens (primary N) is 1. The van der Waals surface area contributed by atoms with Crippen LogP contribution in [0.15, 0.2) is 43.1 Å². The van der Waals surface area contributed by atoms with Crippen LogP contribution in [0.5, 0.6) is 0 Å². The lowest BCUT2D eigenvalue weighted by Crippen LogP contribution is -2.36. The van der Waals surface area contributed by atoms with Gasteiger partial charge < -0.3 is 10.6 Å². The number of hydrogen-bond donors (Lipinski definition) is 1. The highest BCUT2D eigenvalue weighted by Gasteiger charge is 2.21. The molecule has 4 rings (SSSR count). The topological polar surface area (TPSA) is 72.9 Å². The van der Waals surface area contributed by atoms with E-state index in [1.54, 1.807) is 12.5 Å². The molecule has 1 saturated heterocycles. The van der Waals surface area contributed by atoms with E-state index >= 15 is 0 Å². The molecule has 0 aromatic carbocycles. The molecule has 6 nitrogen and oxygen atoms in total. The van der Waals surface area contributed by atoms with E-state index in [0.717, 1.165) is 55.0 Å². The van der Waals surface area contributed by atoms with E-state index in [1.165, 1.54) is 0 Å². The lowest BCUT2D eigenvalue weighted by molar-refractivity contribution is 0.413. The number of nitrogens with zero attached hydrogens (tertiary/aromatic N) is 5. The van der Waals surface area contributed by atoms with Crippen LogP contribution in [0.2, 0.25) is 0 Å². The van der Waals surface area contributed by atoms with E-state index in [2.05, 4.69) is 30.5 Å². The zero-order valence-electron chi connectivity index (χ0n) is 13.0. The Morgan fingerprint density at radius 2 is 2.04 bits per heavy atom. The molecule has 0 radical (unpaired) electrons. The summed E-state index contributed by atoms with van der Waals surface area (Å²) in [5, 5.41) is 1.09. The molecule has 0 saturated carbocycles. The van der Waals surface area contributed by atoms with Gasteiger partial charge in [0.2, 0.25) is 0 Å². The molecular weight excluding hydrogens is 288 g/mol. The van der Waals surface area contributed by atoms with Crippen molar-refractivity contribution >= 4 is 16.9 Å². The predicted octanol–water partition coefficient (Wildman–Crippen LogP) is 1.99. The largest absolute Gasteiger partial charge is 0.356 e. The summed E-state index contributed by atoms with van der Waals surface area (Å²) in [5.41, 5.74) is 7.72. The van der Waals surface area contributed by atoms with Gasteiger partial charge in [-0.1, -0.05) is 0 Å². The van der Waals surface area contributed by atoms with Crippen LogP contribution in [0.3, 0.4) is 0 Å². The standard InChI is InChI=1S/C17H20N6/c18-10-13-3-7-22(8-4-13)16-15-5-9-23(17(15)21-12-20-16)14-2-1-6-19-11-14/h1-2,5-6,9,11-13H,3-4,7-8,10,18H2. The zero-order chi connectivity index (χ0) is 15.6. The Kier molecular flexibility index (Phi) is 3.67. The molecule has 0 aliphatic carbocycles. The molecular formula is C17H20N6. The van der Waals surface area contributed by atoms with E-state index in [4.69, 9.17) is 5.73 Å². The summed E-state index contributed by atoms with van der Waals surface area (Å²) in [4.78, 5) is 15.6. The monoisotopic (exact) mass is 308 g/mol. The van der Waals surface area contributed by atoms with E-state index in [0.29, 0.717) is 5.92 Å². The van der Waals surface area contributed by atoms with Crippen molar-refractivity contribution in [2.75, 3.05) is 24.5 Å². The third-order valence-corrected chi connectivity index (χ3v) is 4.63. The molecule has 0 unspecified atom stereocenters. The Balaban J connectivity index is 1.71. The number of rotatable bonds is 3. The highest BCUT2D eigenvalue weighted by atomic mass is 15.2. The van der Waals surface area contributed by atoms with Gasteiger partial charge in [0, 0.05) is 25.5 Å². The quantitative estimate of drug-likeness (QED) is 0.801. The van der Waals surface area contributed by atoms with Crippen LogP contribution < -0.4 is 10.6 Å². The van der Waals surface area contributed by atoms with Crippen LogP contribution in [0.4, 0.5) is 5.82 Å². The maximum absolute atomic E-state index is 5.79. The molecule has 2 N–H and O–H groups in total. The zero-order valence-corrected chi connectivity index (χ0v) is 13.0. The van der Waals surface area contributed by atoms with Crippen molar-refractivity contribution in [1.82, 2.24) is 19.5 Å². The van der Waals surface area contributed by atoms with Crippen LogP contribution in [-0.2, 0) is 0 Å². The summed E-state index contributed by atoms with van der Waals surface area (Å²) >= 11 is 0. The smallest absolute Gasteiger partial charge is 0.150 e. The molecule has 118 valence electrons. The van der Waals surface area contributed by atoms with Crippen LogP contribution in [0.1, 0.15) is 12.8 Å². The fourth-order valence-corrected chi connectivity index (χ4v) is 3.28. The Morgan fingerprint density at radius 3 is 2.78 bits per heavy atom. The Hall–Kier alpha value is -2.47. The number of anilines is 1. The normalized spacial score (nSPS) is 16.1. The van der Waals surface area contributed by atoms with Gasteiger partial charge in [0.15, 0.2) is 0 Å². The molecule has 0 bridgehead atoms. The number of fused-ring (bicyclic) bond motifs is 1. The third kappa shape index (κ3) is 2.55. The van der Waals surface area contributed by atoms with Gasteiger partial charge in [-0.3, -0.25) is 9.55 Å². The van der Waals surface area contributed by atoms with Crippen molar-refractivity contribution < 1.29 is 0 Å². The highest BCUT2D eigenvalue weighted by Crippen LogP contribution is 2.28. The van der Waals surface area contributed by atoms with E-state index in [1.807, 2.05) is 24.5 Å². The molecule has 3 aromatic rings. The average molecular weight is 308 g/mol. The third-order valence-electron chi connectivity index (χ3n) is 4.63. The Bertz CT molecular complexity index is 789. The first kappa shape index (κ1) is 14.1. The van der Waals surface area contributed by atoms with Gasteiger partial charge in [-0.15, -0.1) is 0 Å². The second kappa shape index (κ2) is 5.96. The second-order valence-corrected chi connectivity index (χ2v) is 6.00. The van der Waals surface area contributed by atoms with Crippen molar-refractivity contribution in [3.05, 3.63) is 43.1 Å². The second-order valence-electron chi connectivity index (χ2n) is 6.00. The maximum atomic E-state index is 5.79. The molecule has 3 aromatic heterocycles. The fourth-order valence-electron chi connectivity index (χ4n) is 3.28. The van der Waals surface area contributed by atoms with E-state index < -0.39 is 0 Å². The van der Waals surface area contributed by atoms with E-state index in [-0.39, 0.29) is 0 Å². The van der Waals surface area contributed by atoms with Crippen LogP contribution in [-0.4, -0.2) is 39.2 Å². The van der Waals surface area contributed by atoms with Crippen molar-refractivity contribution in [3.8, 4) is 5.69 Å². The van der Waals surface area contributed by atoms with Gasteiger partial charge in [-0.05, 0) is 43.5 Å². The minimum Gasteiger partial charge on any atom is -0.356 e. The minimum absolute atomic E-state index is 0.642. The molecule has 1 fully saturated rings. The SMILES string of the molecule is NCC1CCN(c2ncnc3c2ccn3-c2cccnc2)CC1. The minimum atomic E-state index is 0.642. The summed E-state index contributed by atoms with van der Waals surface area (Å²) in [7, 11) is 0. The molecule has 23 heavy (non-hydrogen) atoms. The molecule has 0 atom stereocenters. The van der Waals surface area contributed by atoms with Gasteiger partial charge >= 0.3 is 0 Å². The molecule has 0 spiro atoms. The van der Waals surface area contributed by atoms with E-state index in [9.17, 15) is 0 Å². The van der Waals surface area contributed by atoms with Crippen molar-refractivity contribution in [3.63, 3.8) is 0 Å². The lowest BCUT2D eigenvalue weighted by atomic mass is 9.97. The lowest BCUT2D eigenvalue weighted by Gasteiger charge is -2.32. The van der Waals surface area contributed by atoms with Gasteiger partial charge in [-0.25, -0.2) is 9.97 Å². The highest BCUT2D eigenvalue weighted by molar-refractivity contribution is 5.89. The predicted molar refractivity (Wildman–Crippen MR) is 90.7 cm³/mol. The van der Waals surface area contributed by atoms with Gasteiger partial charge in [0.1, 0.15) is 17.8 Å². The first-order chi connectivity index (χ1) is 11.4. The Morgan fingerprint density at radius 1 is 1.17 bits per heavy atom. The number of piperidine rings is 1. The summed E-state index contributed by atoms with van der Waals surface area (Å²) in [6, 6.07) is 6.05. The summed E-state index contributed by atoms with van der Waals surface area (Å²) < 4.78 is 2.06. The first-order valence-electron chi connectivity index (χ1n) is 8.04. The van der Waals surface area contributed by atoms with Gasteiger partial charge in [0.05, 0.1) is 17.3 Å². The number of pyridine rings is 1. The Labute approximate surface area is 135 Å². The summed E-state index contributed by atoms with van der Waals surface area (Å²) in [5.74, 6) is 1.66. The van der Waals surface area contributed by atoms with Gasteiger partial charge in [-0.2, -0.15) is 0 Å².